The maximum atomic E-state index is 5.38. The summed E-state index contributed by atoms with van der Waals surface area (Å²) in [5, 5.41) is 1.14. The van der Waals surface area contributed by atoms with Gasteiger partial charge in [0.1, 0.15) is 11.4 Å². The summed E-state index contributed by atoms with van der Waals surface area (Å²) in [5.41, 5.74) is 4.44. The van der Waals surface area contributed by atoms with Crippen LogP contribution < -0.4 is 4.74 Å². The second-order valence-corrected chi connectivity index (χ2v) is 7.00. The molecule has 4 aromatic rings. The summed E-state index contributed by atoms with van der Waals surface area (Å²) in [7, 11) is 1.69. The van der Waals surface area contributed by atoms with Gasteiger partial charge in [-0.1, -0.05) is 41.6 Å². The molecule has 0 aliphatic heterocycles. The minimum Gasteiger partial charge on any atom is -0.497 e. The molecule has 0 saturated carbocycles. The molecule has 2 aromatic carbocycles. The number of fused-ring (bicyclic) bond motifs is 1. The molecule has 0 saturated heterocycles. The fourth-order valence-electron chi connectivity index (χ4n) is 2.87. The number of ether oxygens (including phenoxy) is 1. The molecule has 124 valence electrons. The Labute approximate surface area is 151 Å². The molecule has 0 aliphatic rings. The van der Waals surface area contributed by atoms with Gasteiger partial charge in [-0.25, -0.2) is 4.98 Å². The van der Waals surface area contributed by atoms with Crippen LogP contribution in [0.25, 0.3) is 22.2 Å². The number of aryl methyl sites for hydroxylation is 1. The van der Waals surface area contributed by atoms with Gasteiger partial charge in [0.2, 0.25) is 0 Å². The molecule has 0 atom stereocenters. The Kier molecular flexibility index (Phi) is 4.20. The van der Waals surface area contributed by atoms with E-state index in [0.29, 0.717) is 0 Å². The lowest BCUT2D eigenvalue weighted by Crippen LogP contribution is -1.86. The zero-order chi connectivity index (χ0) is 17.2. The summed E-state index contributed by atoms with van der Waals surface area (Å²) in [4.78, 5) is 10.2. The van der Waals surface area contributed by atoms with E-state index in [1.807, 2.05) is 24.5 Å². The number of rotatable bonds is 4. The Hall–Kier alpha value is -2.72. The van der Waals surface area contributed by atoms with Gasteiger partial charge in [-0.05, 0) is 48.4 Å². The van der Waals surface area contributed by atoms with Crippen molar-refractivity contribution >= 4 is 22.8 Å². The van der Waals surface area contributed by atoms with Crippen LogP contribution in [0.5, 0.6) is 5.75 Å². The fraction of sp³-hybridized carbons (Fsp3) is 0.0952. The number of aromatic amines is 1. The molecule has 0 aliphatic carbocycles. The first-order valence-corrected chi connectivity index (χ1v) is 8.91. The third-order valence-electron chi connectivity index (χ3n) is 4.17. The Morgan fingerprint density at radius 3 is 2.68 bits per heavy atom. The maximum absolute atomic E-state index is 5.38. The second kappa shape index (κ2) is 6.65. The minimum absolute atomic E-state index is 0.853. The quantitative estimate of drug-likeness (QED) is 0.515. The van der Waals surface area contributed by atoms with Crippen molar-refractivity contribution in [3.05, 3.63) is 72.6 Å². The Balaban J connectivity index is 1.82. The molecule has 4 heteroatoms. The average molecular weight is 346 g/mol. The van der Waals surface area contributed by atoms with Crippen molar-refractivity contribution in [3.8, 4) is 16.9 Å². The van der Waals surface area contributed by atoms with E-state index in [1.54, 1.807) is 18.9 Å². The van der Waals surface area contributed by atoms with Crippen molar-refractivity contribution in [2.45, 2.75) is 16.7 Å². The standard InChI is InChI=1S/C21H18N2OS/c1-14-6-8-17(9-7-14)25-19-13-23-21-20(19)18(10-11-22-21)15-4-3-5-16(12-15)24-2/h3-13H,1-2H3,(H,22,23). The molecule has 25 heavy (non-hydrogen) atoms. The molecule has 0 amide bonds. The SMILES string of the molecule is COc1cccc(-c2ccnc3[nH]cc(Sc4ccc(C)cc4)c23)c1. The molecule has 2 aromatic heterocycles. The van der Waals surface area contributed by atoms with Crippen LogP contribution in [0, 0.1) is 6.92 Å². The van der Waals surface area contributed by atoms with Gasteiger partial charge in [0.15, 0.2) is 0 Å². The van der Waals surface area contributed by atoms with Gasteiger partial charge >= 0.3 is 0 Å². The van der Waals surface area contributed by atoms with Crippen LogP contribution in [-0.4, -0.2) is 17.1 Å². The number of methoxy groups -OCH3 is 1. The van der Waals surface area contributed by atoms with Gasteiger partial charge in [0.05, 0.1) is 7.11 Å². The summed E-state index contributed by atoms with van der Waals surface area (Å²) in [6.45, 7) is 2.10. The van der Waals surface area contributed by atoms with Crippen LogP contribution in [-0.2, 0) is 0 Å². The molecule has 0 spiro atoms. The molecule has 0 fully saturated rings. The number of benzene rings is 2. The number of nitrogens with one attached hydrogen (secondary N) is 1. The Morgan fingerprint density at radius 1 is 1.04 bits per heavy atom. The van der Waals surface area contributed by atoms with E-state index in [-0.39, 0.29) is 0 Å². The Morgan fingerprint density at radius 2 is 1.88 bits per heavy atom. The number of nitrogens with zero attached hydrogens (tertiary/aromatic N) is 1. The van der Waals surface area contributed by atoms with E-state index in [2.05, 4.69) is 59.4 Å². The number of hydrogen-bond acceptors (Lipinski definition) is 3. The molecule has 0 bridgehead atoms. The van der Waals surface area contributed by atoms with Crippen molar-refractivity contribution in [1.82, 2.24) is 9.97 Å². The number of hydrogen-bond donors (Lipinski definition) is 1. The van der Waals surface area contributed by atoms with Crippen LogP contribution in [0.3, 0.4) is 0 Å². The topological polar surface area (TPSA) is 37.9 Å². The average Bonchev–Trinajstić information content (AvgIpc) is 3.07. The summed E-state index contributed by atoms with van der Waals surface area (Å²) in [5.74, 6) is 0.853. The van der Waals surface area contributed by atoms with Crippen LogP contribution in [0.1, 0.15) is 5.56 Å². The van der Waals surface area contributed by atoms with Crippen LogP contribution in [0.4, 0.5) is 0 Å². The normalized spacial score (nSPS) is 11.0. The maximum Gasteiger partial charge on any atom is 0.139 e. The third-order valence-corrected chi connectivity index (χ3v) is 5.22. The summed E-state index contributed by atoms with van der Waals surface area (Å²) in [6, 6.07) is 18.8. The number of pyridine rings is 1. The molecular formula is C21H18N2OS. The van der Waals surface area contributed by atoms with Gasteiger partial charge in [0, 0.05) is 27.6 Å². The summed E-state index contributed by atoms with van der Waals surface area (Å²) in [6.07, 6.45) is 3.87. The van der Waals surface area contributed by atoms with E-state index in [0.717, 1.165) is 27.9 Å². The van der Waals surface area contributed by atoms with E-state index < -0.39 is 0 Å². The van der Waals surface area contributed by atoms with Crippen LogP contribution in [0.2, 0.25) is 0 Å². The van der Waals surface area contributed by atoms with Crippen molar-refractivity contribution in [2.75, 3.05) is 7.11 Å². The first-order valence-electron chi connectivity index (χ1n) is 8.09. The largest absolute Gasteiger partial charge is 0.497 e. The molecule has 0 unspecified atom stereocenters. The van der Waals surface area contributed by atoms with Gasteiger partial charge in [-0.15, -0.1) is 0 Å². The predicted molar refractivity (Wildman–Crippen MR) is 103 cm³/mol. The number of H-pyrrole nitrogens is 1. The van der Waals surface area contributed by atoms with Crippen LogP contribution >= 0.6 is 11.8 Å². The highest BCUT2D eigenvalue weighted by atomic mass is 32.2. The zero-order valence-electron chi connectivity index (χ0n) is 14.1. The van der Waals surface area contributed by atoms with Gasteiger partial charge in [0.25, 0.3) is 0 Å². The first kappa shape index (κ1) is 15.8. The zero-order valence-corrected chi connectivity index (χ0v) is 14.9. The fourth-order valence-corrected chi connectivity index (χ4v) is 3.82. The lowest BCUT2D eigenvalue weighted by molar-refractivity contribution is 0.415. The van der Waals surface area contributed by atoms with Crippen molar-refractivity contribution in [1.29, 1.82) is 0 Å². The molecule has 3 nitrogen and oxygen atoms in total. The van der Waals surface area contributed by atoms with Crippen molar-refractivity contribution < 1.29 is 4.74 Å². The molecule has 4 rings (SSSR count). The molecular weight excluding hydrogens is 328 g/mol. The van der Waals surface area contributed by atoms with Gasteiger partial charge in [-0.3, -0.25) is 0 Å². The second-order valence-electron chi connectivity index (χ2n) is 5.88. The number of aromatic nitrogens is 2. The van der Waals surface area contributed by atoms with E-state index in [1.165, 1.54) is 15.4 Å². The predicted octanol–water partition coefficient (Wildman–Crippen LogP) is 5.70. The molecule has 0 radical (unpaired) electrons. The Bertz CT molecular complexity index is 1020. The van der Waals surface area contributed by atoms with Crippen LogP contribution in [0.15, 0.2) is 76.8 Å². The highest BCUT2D eigenvalue weighted by Crippen LogP contribution is 2.38. The highest BCUT2D eigenvalue weighted by molar-refractivity contribution is 7.99. The first-order chi connectivity index (χ1) is 12.2. The van der Waals surface area contributed by atoms with Crippen molar-refractivity contribution in [3.63, 3.8) is 0 Å². The third kappa shape index (κ3) is 3.13. The lowest BCUT2D eigenvalue weighted by atomic mass is 10.0. The molecule has 1 N–H and O–H groups in total. The smallest absolute Gasteiger partial charge is 0.139 e. The summed E-state index contributed by atoms with van der Waals surface area (Å²) >= 11 is 1.75. The highest BCUT2D eigenvalue weighted by Gasteiger charge is 2.13. The van der Waals surface area contributed by atoms with Crippen molar-refractivity contribution in [2.24, 2.45) is 0 Å². The van der Waals surface area contributed by atoms with Gasteiger partial charge in [-0.2, -0.15) is 0 Å². The van der Waals surface area contributed by atoms with E-state index >= 15 is 0 Å². The summed E-state index contributed by atoms with van der Waals surface area (Å²) < 4.78 is 5.38. The van der Waals surface area contributed by atoms with E-state index in [4.69, 9.17) is 4.74 Å². The lowest BCUT2D eigenvalue weighted by Gasteiger charge is -2.08. The van der Waals surface area contributed by atoms with Gasteiger partial charge < -0.3 is 9.72 Å². The monoisotopic (exact) mass is 346 g/mol. The molecule has 2 heterocycles. The van der Waals surface area contributed by atoms with E-state index in [9.17, 15) is 0 Å². The minimum atomic E-state index is 0.853.